The third-order valence-corrected chi connectivity index (χ3v) is 6.33. The molecule has 1 saturated heterocycles. The Kier molecular flexibility index (Phi) is 4.97. The molecule has 1 aliphatic heterocycles. The number of nitro groups is 1. The normalized spacial score (nSPS) is 19.4. The third-order valence-electron chi connectivity index (χ3n) is 3.05. The van der Waals surface area contributed by atoms with Gasteiger partial charge >= 0.3 is 0 Å². The Morgan fingerprint density at radius 1 is 1.60 bits per heavy atom. The fourth-order valence-electron chi connectivity index (χ4n) is 2.04. The van der Waals surface area contributed by atoms with Crippen LogP contribution < -0.4 is 10.0 Å². The van der Waals surface area contributed by atoms with Crippen molar-refractivity contribution >= 4 is 38.6 Å². The number of halogens is 1. The molecule has 1 aromatic rings. The van der Waals surface area contributed by atoms with E-state index in [1.54, 1.807) is 0 Å². The molecule has 0 aromatic carbocycles. The smallest absolute Gasteiger partial charge is 0.300 e. The van der Waals surface area contributed by atoms with Gasteiger partial charge in [-0.05, 0) is 25.8 Å². The molecule has 7 nitrogen and oxygen atoms in total. The van der Waals surface area contributed by atoms with E-state index in [-0.39, 0.29) is 14.2 Å². The highest BCUT2D eigenvalue weighted by Crippen LogP contribution is 2.36. The van der Waals surface area contributed by atoms with Crippen molar-refractivity contribution in [3.05, 3.63) is 20.5 Å². The van der Waals surface area contributed by atoms with Crippen molar-refractivity contribution in [3.8, 4) is 0 Å². The van der Waals surface area contributed by atoms with E-state index in [1.807, 2.05) is 0 Å². The van der Waals surface area contributed by atoms with Gasteiger partial charge in [0.05, 0.1) is 4.92 Å². The Labute approximate surface area is 125 Å². The van der Waals surface area contributed by atoms with Crippen molar-refractivity contribution in [2.75, 3.05) is 13.1 Å². The number of thiophene rings is 1. The lowest BCUT2D eigenvalue weighted by molar-refractivity contribution is -0.384. The fourth-order valence-corrected chi connectivity index (χ4v) is 4.79. The summed E-state index contributed by atoms with van der Waals surface area (Å²) in [7, 11) is -3.74. The van der Waals surface area contributed by atoms with Crippen LogP contribution in [-0.4, -0.2) is 32.5 Å². The Hall–Kier alpha value is -0.740. The Morgan fingerprint density at radius 3 is 2.90 bits per heavy atom. The Bertz CT molecular complexity index is 596. The van der Waals surface area contributed by atoms with Gasteiger partial charge < -0.3 is 5.32 Å². The molecule has 1 fully saturated rings. The van der Waals surface area contributed by atoms with Gasteiger partial charge in [0, 0.05) is 18.7 Å². The van der Waals surface area contributed by atoms with Crippen molar-refractivity contribution in [2.45, 2.75) is 29.5 Å². The first-order valence-corrected chi connectivity index (χ1v) is 8.74. The molecular formula is C10H14ClN3O4S2. The van der Waals surface area contributed by atoms with Crippen LogP contribution in [0.5, 0.6) is 0 Å². The van der Waals surface area contributed by atoms with E-state index in [1.165, 1.54) is 0 Å². The molecule has 112 valence electrons. The second-order valence-corrected chi connectivity index (χ2v) is 8.11. The van der Waals surface area contributed by atoms with Crippen molar-refractivity contribution in [3.63, 3.8) is 0 Å². The van der Waals surface area contributed by atoms with Crippen LogP contribution in [0.4, 0.5) is 5.69 Å². The lowest BCUT2D eigenvalue weighted by Crippen LogP contribution is -2.30. The molecule has 0 aliphatic carbocycles. The molecule has 10 heteroatoms. The van der Waals surface area contributed by atoms with Gasteiger partial charge in [-0.15, -0.1) is 11.3 Å². The summed E-state index contributed by atoms with van der Waals surface area (Å²) < 4.78 is 26.2. The summed E-state index contributed by atoms with van der Waals surface area (Å²) >= 11 is 6.35. The predicted octanol–water partition coefficient (Wildman–Crippen LogP) is 1.73. The standard InChI is InChI=1S/C10H14ClN3O4S2/c11-10-8(14(15)16)6-9(19-10)20(17,18)13-5-3-7-2-1-4-12-7/h6-7,12-13H,1-5H2. The summed E-state index contributed by atoms with van der Waals surface area (Å²) in [6, 6.07) is 1.32. The topological polar surface area (TPSA) is 101 Å². The average molecular weight is 340 g/mol. The number of rotatable bonds is 6. The summed E-state index contributed by atoms with van der Waals surface area (Å²) in [4.78, 5) is 9.96. The highest BCUT2D eigenvalue weighted by molar-refractivity contribution is 7.91. The summed E-state index contributed by atoms with van der Waals surface area (Å²) in [5, 5.41) is 13.9. The van der Waals surface area contributed by atoms with Gasteiger partial charge in [0.25, 0.3) is 5.69 Å². The molecule has 1 atom stereocenters. The summed E-state index contributed by atoms with van der Waals surface area (Å²) in [6.45, 7) is 1.26. The molecule has 1 aliphatic rings. The second kappa shape index (κ2) is 6.35. The van der Waals surface area contributed by atoms with E-state index in [0.717, 1.165) is 25.5 Å². The highest BCUT2D eigenvalue weighted by atomic mass is 35.5. The minimum absolute atomic E-state index is 0.131. The molecule has 0 saturated carbocycles. The van der Waals surface area contributed by atoms with E-state index in [2.05, 4.69) is 10.0 Å². The molecule has 2 heterocycles. The van der Waals surface area contributed by atoms with Crippen molar-refractivity contribution in [2.24, 2.45) is 0 Å². The van der Waals surface area contributed by atoms with Gasteiger partial charge in [0.15, 0.2) is 4.34 Å². The van der Waals surface area contributed by atoms with E-state index >= 15 is 0 Å². The Morgan fingerprint density at radius 2 is 2.35 bits per heavy atom. The number of nitrogens with zero attached hydrogens (tertiary/aromatic N) is 1. The SMILES string of the molecule is O=[N+]([O-])c1cc(S(=O)(=O)NCCC2CCCN2)sc1Cl. The number of sulfonamides is 1. The maximum absolute atomic E-state index is 12.0. The van der Waals surface area contributed by atoms with Crippen LogP contribution in [-0.2, 0) is 10.0 Å². The minimum Gasteiger partial charge on any atom is -0.314 e. The van der Waals surface area contributed by atoms with Gasteiger partial charge in [-0.2, -0.15) is 0 Å². The van der Waals surface area contributed by atoms with Crippen LogP contribution >= 0.6 is 22.9 Å². The molecule has 2 rings (SSSR count). The van der Waals surface area contributed by atoms with Crippen molar-refractivity contribution in [1.29, 1.82) is 0 Å². The average Bonchev–Trinajstić information content (AvgIpc) is 2.98. The number of hydrogen-bond acceptors (Lipinski definition) is 6. The van der Waals surface area contributed by atoms with Gasteiger partial charge in [-0.25, -0.2) is 13.1 Å². The summed E-state index contributed by atoms with van der Waals surface area (Å²) in [5.41, 5.74) is -0.380. The highest BCUT2D eigenvalue weighted by Gasteiger charge is 2.25. The van der Waals surface area contributed by atoms with Gasteiger partial charge in [-0.3, -0.25) is 10.1 Å². The molecule has 1 unspecified atom stereocenters. The van der Waals surface area contributed by atoms with Crippen LogP contribution in [0.15, 0.2) is 10.3 Å². The Balaban J connectivity index is 1.98. The third kappa shape index (κ3) is 3.67. The molecule has 0 spiro atoms. The monoisotopic (exact) mass is 339 g/mol. The van der Waals surface area contributed by atoms with Crippen LogP contribution in [0, 0.1) is 10.1 Å². The van der Waals surface area contributed by atoms with E-state index in [0.29, 0.717) is 30.3 Å². The van der Waals surface area contributed by atoms with Gasteiger partial charge in [-0.1, -0.05) is 11.6 Å². The number of nitrogens with one attached hydrogen (secondary N) is 2. The van der Waals surface area contributed by atoms with Gasteiger partial charge in [0.1, 0.15) is 4.21 Å². The zero-order chi connectivity index (χ0) is 14.8. The predicted molar refractivity (Wildman–Crippen MR) is 76.8 cm³/mol. The van der Waals surface area contributed by atoms with E-state index in [4.69, 9.17) is 11.6 Å². The van der Waals surface area contributed by atoms with Crippen LogP contribution in [0.1, 0.15) is 19.3 Å². The van der Waals surface area contributed by atoms with Gasteiger partial charge in [0.2, 0.25) is 10.0 Å². The van der Waals surface area contributed by atoms with Crippen LogP contribution in [0.3, 0.4) is 0 Å². The molecule has 1 aromatic heterocycles. The van der Waals surface area contributed by atoms with Crippen LogP contribution in [0.2, 0.25) is 4.34 Å². The summed E-state index contributed by atoms with van der Waals surface area (Å²) in [6.07, 6.45) is 2.84. The maximum atomic E-state index is 12.0. The summed E-state index contributed by atoms with van der Waals surface area (Å²) in [5.74, 6) is 0. The lowest BCUT2D eigenvalue weighted by Gasteiger charge is -2.10. The van der Waals surface area contributed by atoms with Crippen LogP contribution in [0.25, 0.3) is 0 Å². The fraction of sp³-hybridized carbons (Fsp3) is 0.600. The van der Waals surface area contributed by atoms with E-state index < -0.39 is 14.9 Å². The molecule has 20 heavy (non-hydrogen) atoms. The zero-order valence-corrected chi connectivity index (χ0v) is 12.9. The zero-order valence-electron chi connectivity index (χ0n) is 10.5. The molecule has 0 amide bonds. The largest absolute Gasteiger partial charge is 0.314 e. The first-order chi connectivity index (χ1) is 9.40. The second-order valence-electron chi connectivity index (χ2n) is 4.46. The van der Waals surface area contributed by atoms with Crippen molar-refractivity contribution in [1.82, 2.24) is 10.0 Å². The first-order valence-electron chi connectivity index (χ1n) is 6.07. The maximum Gasteiger partial charge on any atom is 0.300 e. The minimum atomic E-state index is -3.74. The van der Waals surface area contributed by atoms with Crippen molar-refractivity contribution < 1.29 is 13.3 Å². The lowest BCUT2D eigenvalue weighted by atomic mass is 10.2. The molecule has 0 bridgehead atoms. The number of hydrogen-bond donors (Lipinski definition) is 2. The molecule has 2 N–H and O–H groups in total. The first kappa shape index (κ1) is 15.6. The molecular weight excluding hydrogens is 326 g/mol. The van der Waals surface area contributed by atoms with E-state index in [9.17, 15) is 18.5 Å². The quantitative estimate of drug-likeness (QED) is 0.607. The molecule has 0 radical (unpaired) electrons.